The van der Waals surface area contributed by atoms with Crippen molar-refractivity contribution in [3.8, 4) is 17.2 Å². The van der Waals surface area contributed by atoms with Gasteiger partial charge in [-0.1, -0.05) is 24.3 Å². The lowest BCUT2D eigenvalue weighted by molar-refractivity contribution is -0.145. The number of halogens is 3. The first-order valence-electron chi connectivity index (χ1n) is 12.4. The second-order valence-electron chi connectivity index (χ2n) is 9.30. The SMILES string of the molecule is C[C@H](COC(=O)[C@@H](N)Cc1ccc(O)cc1)NC(=O)c1ccc2c(Oc3ccc(C(F)(F)F)cc3)cccc2c1. The molecule has 0 spiro atoms. The average molecular weight is 553 g/mol. The number of amides is 1. The second kappa shape index (κ2) is 12.1. The molecule has 0 bridgehead atoms. The Bertz CT molecular complexity index is 1490. The molecule has 2 atom stereocenters. The van der Waals surface area contributed by atoms with Gasteiger partial charge in [-0.15, -0.1) is 0 Å². The van der Waals surface area contributed by atoms with E-state index in [0.717, 1.165) is 17.7 Å². The first-order chi connectivity index (χ1) is 19.0. The normalized spacial score (nSPS) is 12.9. The maximum atomic E-state index is 12.8. The Labute approximate surface area is 228 Å². The number of fused-ring (bicyclic) bond motifs is 1. The highest BCUT2D eigenvalue weighted by atomic mass is 19.4. The third-order valence-electron chi connectivity index (χ3n) is 6.06. The molecule has 0 aliphatic carbocycles. The Morgan fingerprint density at radius 3 is 2.35 bits per heavy atom. The first-order valence-corrected chi connectivity index (χ1v) is 12.4. The summed E-state index contributed by atoms with van der Waals surface area (Å²) in [6, 6.07) is 19.5. The molecule has 0 aliphatic rings. The summed E-state index contributed by atoms with van der Waals surface area (Å²) in [5.74, 6) is -0.210. The minimum Gasteiger partial charge on any atom is -0.508 e. The van der Waals surface area contributed by atoms with E-state index in [1.165, 1.54) is 24.3 Å². The number of benzene rings is 4. The summed E-state index contributed by atoms with van der Waals surface area (Å²) >= 11 is 0. The average Bonchev–Trinajstić information content (AvgIpc) is 2.92. The molecule has 4 N–H and O–H groups in total. The number of phenolic OH excluding ortho intramolecular Hbond substituents is 1. The van der Waals surface area contributed by atoms with Crippen molar-refractivity contribution in [2.24, 2.45) is 5.73 Å². The molecule has 208 valence electrons. The van der Waals surface area contributed by atoms with E-state index in [2.05, 4.69) is 5.32 Å². The molecule has 7 nitrogen and oxygen atoms in total. The third-order valence-corrected chi connectivity index (χ3v) is 6.06. The molecule has 0 saturated carbocycles. The van der Waals surface area contributed by atoms with Gasteiger partial charge in [-0.05, 0) is 85.0 Å². The Morgan fingerprint density at radius 2 is 1.68 bits per heavy atom. The summed E-state index contributed by atoms with van der Waals surface area (Å²) in [4.78, 5) is 25.1. The number of nitrogens with two attached hydrogens (primary N) is 1. The van der Waals surface area contributed by atoms with Gasteiger partial charge in [0.05, 0.1) is 11.6 Å². The molecule has 0 fully saturated rings. The molecule has 0 heterocycles. The van der Waals surface area contributed by atoms with E-state index < -0.39 is 29.8 Å². The van der Waals surface area contributed by atoms with Crippen LogP contribution in [0.5, 0.6) is 17.2 Å². The third kappa shape index (κ3) is 7.29. The number of carbonyl (C=O) groups is 2. The number of esters is 1. The first kappa shape index (κ1) is 28.4. The number of hydrogen-bond donors (Lipinski definition) is 3. The molecule has 0 unspecified atom stereocenters. The van der Waals surface area contributed by atoms with E-state index in [0.29, 0.717) is 22.1 Å². The summed E-state index contributed by atoms with van der Waals surface area (Å²) in [6.07, 6.45) is -4.20. The van der Waals surface area contributed by atoms with E-state index in [9.17, 15) is 27.9 Å². The second-order valence-corrected chi connectivity index (χ2v) is 9.30. The van der Waals surface area contributed by atoms with Crippen LogP contribution in [0.1, 0.15) is 28.4 Å². The van der Waals surface area contributed by atoms with Crippen LogP contribution in [-0.4, -0.2) is 35.7 Å². The zero-order chi connectivity index (χ0) is 28.9. The van der Waals surface area contributed by atoms with Gasteiger partial charge in [-0.2, -0.15) is 13.2 Å². The molecular formula is C30H27F3N2O5. The number of alkyl halides is 3. The predicted octanol–water partition coefficient (Wildman–Crippen LogP) is 5.59. The number of nitrogens with one attached hydrogen (secondary N) is 1. The minimum absolute atomic E-state index is 0.0768. The topological polar surface area (TPSA) is 111 Å². The molecule has 10 heteroatoms. The van der Waals surface area contributed by atoms with Crippen LogP contribution in [0.4, 0.5) is 13.2 Å². The zero-order valence-corrected chi connectivity index (χ0v) is 21.4. The number of carbonyl (C=O) groups excluding carboxylic acids is 2. The molecule has 0 aromatic heterocycles. The number of aromatic hydroxyl groups is 1. The summed E-state index contributed by atoms with van der Waals surface area (Å²) in [7, 11) is 0. The standard InChI is InChI=1S/C30H27F3N2O5/c1-18(17-39-29(38)26(34)15-19-5-10-23(36)11-6-19)35-28(37)21-7-14-25-20(16-21)3-2-4-27(25)40-24-12-8-22(9-13-24)30(31,32)33/h2-14,16,18,26,36H,15,17,34H2,1H3,(H,35,37)/t18-,26+/m1/s1. The maximum Gasteiger partial charge on any atom is 0.416 e. The van der Waals surface area contributed by atoms with Crippen molar-refractivity contribution in [3.63, 3.8) is 0 Å². The molecule has 0 radical (unpaired) electrons. The van der Waals surface area contributed by atoms with Crippen molar-refractivity contribution in [3.05, 3.63) is 102 Å². The summed E-state index contributed by atoms with van der Waals surface area (Å²) in [6.45, 7) is 1.61. The van der Waals surface area contributed by atoms with Crippen molar-refractivity contribution in [2.45, 2.75) is 31.6 Å². The smallest absolute Gasteiger partial charge is 0.416 e. The lowest BCUT2D eigenvalue weighted by atomic mass is 10.1. The molecule has 0 saturated heterocycles. The predicted molar refractivity (Wildman–Crippen MR) is 143 cm³/mol. The van der Waals surface area contributed by atoms with Gasteiger partial charge in [0.15, 0.2) is 0 Å². The fourth-order valence-electron chi connectivity index (χ4n) is 3.96. The quantitative estimate of drug-likeness (QED) is 0.234. The van der Waals surface area contributed by atoms with Crippen molar-refractivity contribution < 1.29 is 37.3 Å². The number of hydrogen-bond acceptors (Lipinski definition) is 6. The maximum absolute atomic E-state index is 12.8. The summed E-state index contributed by atoms with van der Waals surface area (Å²) < 4.78 is 49.5. The van der Waals surface area contributed by atoms with Crippen LogP contribution in [0, 0.1) is 0 Å². The van der Waals surface area contributed by atoms with Crippen LogP contribution in [0.15, 0.2) is 84.9 Å². The number of ether oxygens (including phenoxy) is 2. The molecular weight excluding hydrogens is 525 g/mol. The Hall–Kier alpha value is -4.57. The fraction of sp³-hybridized carbons (Fsp3) is 0.200. The van der Waals surface area contributed by atoms with E-state index in [1.54, 1.807) is 55.5 Å². The van der Waals surface area contributed by atoms with Gasteiger partial charge in [0.25, 0.3) is 5.91 Å². The minimum atomic E-state index is -4.43. The van der Waals surface area contributed by atoms with Crippen LogP contribution >= 0.6 is 0 Å². The van der Waals surface area contributed by atoms with Gasteiger partial charge >= 0.3 is 12.1 Å². The van der Waals surface area contributed by atoms with Gasteiger partial charge in [0, 0.05) is 10.9 Å². The lowest BCUT2D eigenvalue weighted by Crippen LogP contribution is -2.40. The molecule has 4 rings (SSSR count). The molecule has 1 amide bonds. The number of phenols is 1. The molecule has 4 aromatic rings. The molecule has 40 heavy (non-hydrogen) atoms. The van der Waals surface area contributed by atoms with E-state index in [1.807, 2.05) is 0 Å². The van der Waals surface area contributed by atoms with Crippen molar-refractivity contribution in [1.29, 1.82) is 0 Å². The highest BCUT2D eigenvalue weighted by Gasteiger charge is 2.30. The molecule has 0 aliphatic heterocycles. The fourth-order valence-corrected chi connectivity index (χ4v) is 3.96. The van der Waals surface area contributed by atoms with Crippen LogP contribution in [0.3, 0.4) is 0 Å². The van der Waals surface area contributed by atoms with E-state index in [-0.39, 0.29) is 30.4 Å². The monoisotopic (exact) mass is 552 g/mol. The lowest BCUT2D eigenvalue weighted by Gasteiger charge is -2.17. The summed E-state index contributed by atoms with van der Waals surface area (Å²) in [5, 5.41) is 13.5. The zero-order valence-electron chi connectivity index (χ0n) is 21.4. The van der Waals surface area contributed by atoms with Crippen LogP contribution in [0.2, 0.25) is 0 Å². The van der Waals surface area contributed by atoms with Crippen molar-refractivity contribution >= 4 is 22.6 Å². The van der Waals surface area contributed by atoms with E-state index in [4.69, 9.17) is 15.2 Å². The summed E-state index contributed by atoms with van der Waals surface area (Å²) in [5.41, 5.74) is 6.29. The number of rotatable bonds is 9. The Kier molecular flexibility index (Phi) is 8.59. The van der Waals surface area contributed by atoms with Crippen LogP contribution in [-0.2, 0) is 22.1 Å². The van der Waals surface area contributed by atoms with Crippen molar-refractivity contribution in [2.75, 3.05) is 6.61 Å². The molecule has 4 aromatic carbocycles. The largest absolute Gasteiger partial charge is 0.508 e. The van der Waals surface area contributed by atoms with Crippen molar-refractivity contribution in [1.82, 2.24) is 5.32 Å². The van der Waals surface area contributed by atoms with Gasteiger partial charge < -0.3 is 25.6 Å². The van der Waals surface area contributed by atoms with Gasteiger partial charge in [0.1, 0.15) is 29.9 Å². The Balaban J connectivity index is 1.34. The van der Waals surface area contributed by atoms with Gasteiger partial charge in [0.2, 0.25) is 0 Å². The highest BCUT2D eigenvalue weighted by Crippen LogP contribution is 2.33. The van der Waals surface area contributed by atoms with Gasteiger partial charge in [-0.3, -0.25) is 9.59 Å². The van der Waals surface area contributed by atoms with E-state index >= 15 is 0 Å². The van der Waals surface area contributed by atoms with Crippen LogP contribution < -0.4 is 15.8 Å². The van der Waals surface area contributed by atoms with Crippen LogP contribution in [0.25, 0.3) is 10.8 Å². The van der Waals surface area contributed by atoms with Gasteiger partial charge in [-0.25, -0.2) is 0 Å². The highest BCUT2D eigenvalue weighted by molar-refractivity contribution is 6.00. The Morgan fingerprint density at radius 1 is 0.975 bits per heavy atom.